The highest BCUT2D eigenvalue weighted by Crippen LogP contribution is 2.27. The van der Waals surface area contributed by atoms with E-state index >= 15 is 0 Å². The van der Waals surface area contributed by atoms with Crippen LogP contribution >= 0.6 is 0 Å². The van der Waals surface area contributed by atoms with Crippen molar-refractivity contribution in [3.63, 3.8) is 0 Å². The number of aromatic nitrogens is 3. The molecule has 0 spiro atoms. The topological polar surface area (TPSA) is 64.3 Å². The van der Waals surface area contributed by atoms with Gasteiger partial charge >= 0.3 is 0 Å². The Kier molecular flexibility index (Phi) is 5.15. The van der Waals surface area contributed by atoms with E-state index in [1.165, 1.54) is 0 Å². The number of aryl methyl sites for hydroxylation is 2. The van der Waals surface area contributed by atoms with E-state index in [2.05, 4.69) is 14.9 Å². The molecule has 1 saturated heterocycles. The lowest BCUT2D eigenvalue weighted by Gasteiger charge is -2.35. The molecule has 0 aliphatic carbocycles. The number of nitrogens with zero attached hydrogens (tertiary/aromatic N) is 4. The Morgan fingerprint density at radius 3 is 2.66 bits per heavy atom. The van der Waals surface area contributed by atoms with Crippen LogP contribution in [0.4, 0.5) is 0 Å². The molecule has 1 amide bonds. The first-order chi connectivity index (χ1) is 14.0. The molecule has 3 heterocycles. The maximum absolute atomic E-state index is 13.6. The molecule has 1 N–H and O–H groups in total. The van der Waals surface area contributed by atoms with Gasteiger partial charge in [-0.2, -0.15) is 0 Å². The smallest absolute Gasteiger partial charge is 0.256 e. The molecular weight excluding hydrogens is 366 g/mol. The number of nitrogens with one attached hydrogen (secondary N) is 1. The van der Waals surface area contributed by atoms with Gasteiger partial charge in [-0.05, 0) is 44.2 Å². The van der Waals surface area contributed by atoms with Crippen LogP contribution in [0.25, 0.3) is 5.69 Å². The molecule has 1 fully saturated rings. The first-order valence-electron chi connectivity index (χ1n) is 9.83. The highest BCUT2D eigenvalue weighted by molar-refractivity contribution is 5.96. The molecule has 2 aromatic heterocycles. The minimum atomic E-state index is -0.0831. The van der Waals surface area contributed by atoms with Crippen LogP contribution in [0, 0.1) is 13.8 Å². The van der Waals surface area contributed by atoms with E-state index in [4.69, 9.17) is 4.74 Å². The number of hydrogen-bond acceptors (Lipinski definition) is 4. The zero-order valence-electron chi connectivity index (χ0n) is 17.3. The van der Waals surface area contributed by atoms with Gasteiger partial charge in [0.2, 0.25) is 0 Å². The Labute approximate surface area is 170 Å². The summed E-state index contributed by atoms with van der Waals surface area (Å²) in [5.41, 5.74) is 3.72. The van der Waals surface area contributed by atoms with Crippen LogP contribution in [0.1, 0.15) is 33.6 Å². The number of hydrogen-bond donors (Lipinski definition) is 1. The van der Waals surface area contributed by atoms with Gasteiger partial charge in [-0.3, -0.25) is 4.79 Å². The summed E-state index contributed by atoms with van der Waals surface area (Å²) in [6.07, 6.45) is 3.70. The number of methoxy groups -OCH3 is 1. The summed E-state index contributed by atoms with van der Waals surface area (Å²) < 4.78 is 9.36. The average molecular weight is 393 g/mol. The number of piperazine rings is 1. The summed E-state index contributed by atoms with van der Waals surface area (Å²) in [5.74, 6) is 1.76. The molecule has 7 nitrogen and oxygen atoms in total. The number of rotatable bonds is 4. The van der Waals surface area contributed by atoms with Gasteiger partial charge in [0.15, 0.2) is 0 Å². The fraction of sp³-hybridized carbons (Fsp3) is 0.364. The van der Waals surface area contributed by atoms with Gasteiger partial charge in [-0.15, -0.1) is 0 Å². The van der Waals surface area contributed by atoms with Crippen molar-refractivity contribution in [3.05, 3.63) is 65.5 Å². The fourth-order valence-electron chi connectivity index (χ4n) is 4.14. The maximum Gasteiger partial charge on any atom is 0.256 e. The summed E-state index contributed by atoms with van der Waals surface area (Å²) in [7, 11) is 3.62. The van der Waals surface area contributed by atoms with Crippen molar-refractivity contribution in [1.82, 2.24) is 24.3 Å². The van der Waals surface area contributed by atoms with Crippen molar-refractivity contribution < 1.29 is 9.53 Å². The number of benzene rings is 1. The second-order valence-corrected chi connectivity index (χ2v) is 7.43. The van der Waals surface area contributed by atoms with Crippen molar-refractivity contribution in [2.24, 2.45) is 7.05 Å². The van der Waals surface area contributed by atoms with E-state index in [0.29, 0.717) is 13.1 Å². The number of amides is 1. The predicted octanol–water partition coefficient (Wildman–Crippen LogP) is 2.62. The van der Waals surface area contributed by atoms with E-state index in [1.54, 1.807) is 13.3 Å². The van der Waals surface area contributed by atoms with Crippen molar-refractivity contribution in [2.75, 3.05) is 26.7 Å². The highest BCUT2D eigenvalue weighted by Gasteiger charge is 2.32. The Morgan fingerprint density at radius 1 is 1.24 bits per heavy atom. The quantitative estimate of drug-likeness (QED) is 0.740. The minimum Gasteiger partial charge on any atom is -0.497 e. The van der Waals surface area contributed by atoms with Crippen LogP contribution in [-0.4, -0.2) is 51.7 Å². The van der Waals surface area contributed by atoms with Crippen LogP contribution < -0.4 is 10.1 Å². The van der Waals surface area contributed by atoms with Gasteiger partial charge in [0.1, 0.15) is 17.6 Å². The van der Waals surface area contributed by atoms with E-state index < -0.39 is 0 Å². The average Bonchev–Trinajstić information content (AvgIpc) is 3.30. The molecule has 0 radical (unpaired) electrons. The molecule has 1 aliphatic heterocycles. The molecule has 7 heteroatoms. The molecule has 1 atom stereocenters. The lowest BCUT2D eigenvalue weighted by atomic mass is 10.1. The lowest BCUT2D eigenvalue weighted by Crippen LogP contribution is -2.49. The molecule has 4 rings (SSSR count). The van der Waals surface area contributed by atoms with E-state index in [1.807, 2.05) is 66.9 Å². The number of carbonyl (C=O) groups excluding carboxylic acids is 1. The predicted molar refractivity (Wildman–Crippen MR) is 112 cm³/mol. The first kappa shape index (κ1) is 19.3. The second-order valence-electron chi connectivity index (χ2n) is 7.43. The summed E-state index contributed by atoms with van der Waals surface area (Å²) in [5, 5.41) is 3.39. The van der Waals surface area contributed by atoms with Crippen LogP contribution in [0.2, 0.25) is 0 Å². The SMILES string of the molecule is COc1ccc(-n2c(C)cc(C(=O)N3CCNCC3c3nccn3C)c2C)cc1. The Balaban J connectivity index is 1.69. The second kappa shape index (κ2) is 7.75. The largest absolute Gasteiger partial charge is 0.497 e. The molecule has 0 bridgehead atoms. The summed E-state index contributed by atoms with van der Waals surface area (Å²) >= 11 is 0. The third-order valence-electron chi connectivity index (χ3n) is 5.65. The lowest BCUT2D eigenvalue weighted by molar-refractivity contribution is 0.0620. The van der Waals surface area contributed by atoms with Crippen molar-refractivity contribution in [1.29, 1.82) is 0 Å². The summed E-state index contributed by atoms with van der Waals surface area (Å²) in [6, 6.07) is 9.79. The summed E-state index contributed by atoms with van der Waals surface area (Å²) in [6.45, 7) is 6.17. The standard InChI is InChI=1S/C22H27N5O2/c1-15-13-19(16(2)27(15)17-5-7-18(29-4)8-6-17)22(28)26-12-9-23-14-20(26)21-24-10-11-25(21)3/h5-8,10-11,13,20,23H,9,12,14H2,1-4H3. The van der Waals surface area contributed by atoms with Gasteiger partial charge in [0.25, 0.3) is 5.91 Å². The minimum absolute atomic E-state index is 0.0485. The number of ether oxygens (including phenoxy) is 1. The van der Waals surface area contributed by atoms with E-state index in [-0.39, 0.29) is 11.9 Å². The maximum atomic E-state index is 13.6. The van der Waals surface area contributed by atoms with Crippen LogP contribution in [0.15, 0.2) is 42.7 Å². The molecule has 1 unspecified atom stereocenters. The first-order valence-corrected chi connectivity index (χ1v) is 9.83. The van der Waals surface area contributed by atoms with Crippen molar-refractivity contribution in [2.45, 2.75) is 19.9 Å². The number of imidazole rings is 1. The van der Waals surface area contributed by atoms with Crippen LogP contribution in [0.3, 0.4) is 0 Å². The zero-order valence-corrected chi connectivity index (χ0v) is 17.3. The molecule has 29 heavy (non-hydrogen) atoms. The molecular formula is C22H27N5O2. The normalized spacial score (nSPS) is 16.8. The molecule has 3 aromatic rings. The Hall–Kier alpha value is -3.06. The van der Waals surface area contributed by atoms with Crippen LogP contribution in [-0.2, 0) is 7.05 Å². The van der Waals surface area contributed by atoms with Crippen molar-refractivity contribution in [3.8, 4) is 11.4 Å². The third kappa shape index (κ3) is 3.42. The van der Waals surface area contributed by atoms with E-state index in [0.717, 1.165) is 40.8 Å². The third-order valence-corrected chi connectivity index (χ3v) is 5.65. The van der Waals surface area contributed by atoms with E-state index in [9.17, 15) is 4.79 Å². The van der Waals surface area contributed by atoms with Gasteiger partial charge < -0.3 is 24.1 Å². The molecule has 0 saturated carbocycles. The van der Waals surface area contributed by atoms with Gasteiger partial charge in [-0.25, -0.2) is 4.98 Å². The summed E-state index contributed by atoms with van der Waals surface area (Å²) in [4.78, 5) is 20.0. The van der Waals surface area contributed by atoms with Gasteiger partial charge in [0, 0.05) is 56.2 Å². The Morgan fingerprint density at radius 2 is 2.00 bits per heavy atom. The van der Waals surface area contributed by atoms with Gasteiger partial charge in [0.05, 0.1) is 12.7 Å². The van der Waals surface area contributed by atoms with Crippen molar-refractivity contribution >= 4 is 5.91 Å². The van der Waals surface area contributed by atoms with Crippen LogP contribution in [0.5, 0.6) is 5.75 Å². The Bertz CT molecular complexity index is 1020. The number of carbonyl (C=O) groups is 1. The fourth-order valence-corrected chi connectivity index (χ4v) is 4.14. The molecule has 1 aromatic carbocycles. The zero-order chi connectivity index (χ0) is 20.5. The monoisotopic (exact) mass is 393 g/mol. The molecule has 152 valence electrons. The highest BCUT2D eigenvalue weighted by atomic mass is 16.5. The molecule has 1 aliphatic rings. The van der Waals surface area contributed by atoms with Gasteiger partial charge in [-0.1, -0.05) is 0 Å².